The number of hydrogen-bond acceptors (Lipinski definition) is 8. The van der Waals surface area contributed by atoms with Crippen molar-refractivity contribution in [3.05, 3.63) is 34.2 Å². The van der Waals surface area contributed by atoms with Gasteiger partial charge >= 0.3 is 5.97 Å². The Morgan fingerprint density at radius 1 is 1.17 bits per heavy atom. The summed E-state index contributed by atoms with van der Waals surface area (Å²) in [4.78, 5) is 36.9. The Morgan fingerprint density at radius 2 is 1.83 bits per heavy atom. The van der Waals surface area contributed by atoms with E-state index in [4.69, 9.17) is 9.26 Å². The lowest BCUT2D eigenvalue weighted by atomic mass is 10.1. The lowest BCUT2D eigenvalue weighted by molar-refractivity contribution is 0.0525. The van der Waals surface area contributed by atoms with Crippen LogP contribution in [0.1, 0.15) is 70.5 Å². The third-order valence-corrected chi connectivity index (χ3v) is 5.39. The molecule has 1 saturated heterocycles. The van der Waals surface area contributed by atoms with Crippen LogP contribution in [0.3, 0.4) is 0 Å². The van der Waals surface area contributed by atoms with Gasteiger partial charge in [0, 0.05) is 37.8 Å². The van der Waals surface area contributed by atoms with Gasteiger partial charge in [0.2, 0.25) is 5.89 Å². The van der Waals surface area contributed by atoms with E-state index in [1.807, 2.05) is 13.8 Å². The van der Waals surface area contributed by atoms with E-state index in [1.54, 1.807) is 20.8 Å². The maximum Gasteiger partial charge on any atom is 0.340 e. The van der Waals surface area contributed by atoms with E-state index >= 15 is 0 Å². The van der Waals surface area contributed by atoms with E-state index in [-0.39, 0.29) is 11.7 Å². The smallest absolute Gasteiger partial charge is 0.340 e. The second-order valence-electron chi connectivity index (χ2n) is 8.02. The molecule has 164 valence electrons. The molecule has 1 aliphatic heterocycles. The zero-order chi connectivity index (χ0) is 21.8. The van der Waals surface area contributed by atoms with Crippen molar-refractivity contribution in [2.45, 2.75) is 47.1 Å². The Kier molecular flexibility index (Phi) is 7.04. The SMILES string of the molecule is CCOC(=O)c1c(C)[nH]c(C(=O)CN2CCN(Cc3nc(C(C)C)no3)CC2)c1C. The number of piperazine rings is 1. The van der Waals surface area contributed by atoms with E-state index in [2.05, 4.69) is 24.9 Å². The number of nitrogens with zero attached hydrogens (tertiary/aromatic N) is 4. The van der Waals surface area contributed by atoms with Gasteiger partial charge in [-0.25, -0.2) is 4.79 Å². The molecule has 0 radical (unpaired) electrons. The van der Waals surface area contributed by atoms with E-state index in [0.717, 1.165) is 32.0 Å². The molecule has 30 heavy (non-hydrogen) atoms. The molecule has 2 aromatic heterocycles. The molecular formula is C21H31N5O4. The second kappa shape index (κ2) is 9.53. The van der Waals surface area contributed by atoms with Gasteiger partial charge in [0.25, 0.3) is 0 Å². The number of ketones is 1. The van der Waals surface area contributed by atoms with Crippen molar-refractivity contribution in [3.8, 4) is 0 Å². The highest BCUT2D eigenvalue weighted by atomic mass is 16.5. The fourth-order valence-corrected chi connectivity index (χ4v) is 3.68. The summed E-state index contributed by atoms with van der Waals surface area (Å²) in [5.74, 6) is 1.20. The third kappa shape index (κ3) is 4.96. The summed E-state index contributed by atoms with van der Waals surface area (Å²) in [6.07, 6.45) is 0. The summed E-state index contributed by atoms with van der Waals surface area (Å²) in [7, 11) is 0. The normalized spacial score (nSPS) is 15.7. The molecule has 0 bridgehead atoms. The molecule has 1 fully saturated rings. The van der Waals surface area contributed by atoms with Gasteiger partial charge in [-0.2, -0.15) is 4.98 Å². The fraction of sp³-hybridized carbons (Fsp3) is 0.619. The molecule has 1 aliphatic rings. The highest BCUT2D eigenvalue weighted by Gasteiger charge is 2.26. The van der Waals surface area contributed by atoms with Crippen LogP contribution in [0.4, 0.5) is 0 Å². The second-order valence-corrected chi connectivity index (χ2v) is 8.02. The fourth-order valence-electron chi connectivity index (χ4n) is 3.68. The first kappa shape index (κ1) is 22.2. The Morgan fingerprint density at radius 3 is 2.43 bits per heavy atom. The number of ether oxygens (including phenoxy) is 1. The first-order valence-corrected chi connectivity index (χ1v) is 10.5. The summed E-state index contributed by atoms with van der Waals surface area (Å²) < 4.78 is 10.4. The number of nitrogens with one attached hydrogen (secondary N) is 1. The molecule has 0 unspecified atom stereocenters. The van der Waals surface area contributed by atoms with Gasteiger partial charge in [-0.3, -0.25) is 14.6 Å². The zero-order valence-electron chi connectivity index (χ0n) is 18.4. The van der Waals surface area contributed by atoms with E-state index < -0.39 is 5.97 Å². The number of aromatic nitrogens is 3. The summed E-state index contributed by atoms with van der Waals surface area (Å²) >= 11 is 0. The molecule has 3 heterocycles. The van der Waals surface area contributed by atoms with Crippen molar-refractivity contribution in [1.82, 2.24) is 24.9 Å². The lowest BCUT2D eigenvalue weighted by Gasteiger charge is -2.33. The number of rotatable bonds is 8. The maximum atomic E-state index is 12.8. The van der Waals surface area contributed by atoms with Crippen LogP contribution >= 0.6 is 0 Å². The van der Waals surface area contributed by atoms with Crippen molar-refractivity contribution in [2.24, 2.45) is 0 Å². The van der Waals surface area contributed by atoms with Crippen LogP contribution in [-0.4, -0.2) is 76.0 Å². The van der Waals surface area contributed by atoms with Crippen molar-refractivity contribution < 1.29 is 18.8 Å². The maximum absolute atomic E-state index is 12.8. The Labute approximate surface area is 176 Å². The van der Waals surface area contributed by atoms with Crippen molar-refractivity contribution in [3.63, 3.8) is 0 Å². The molecule has 1 N–H and O–H groups in total. The number of esters is 1. The molecule has 0 saturated carbocycles. The lowest BCUT2D eigenvalue weighted by Crippen LogP contribution is -2.47. The van der Waals surface area contributed by atoms with Gasteiger partial charge in [0.05, 0.1) is 31.0 Å². The Bertz CT molecular complexity index is 893. The van der Waals surface area contributed by atoms with Crippen molar-refractivity contribution >= 4 is 11.8 Å². The number of hydrogen-bond donors (Lipinski definition) is 1. The molecule has 0 spiro atoms. The van der Waals surface area contributed by atoms with Crippen LogP contribution in [-0.2, 0) is 11.3 Å². The van der Waals surface area contributed by atoms with Crippen LogP contribution in [0, 0.1) is 13.8 Å². The quantitative estimate of drug-likeness (QED) is 0.515. The van der Waals surface area contributed by atoms with E-state index in [1.165, 1.54) is 0 Å². The van der Waals surface area contributed by atoms with Crippen LogP contribution < -0.4 is 0 Å². The average Bonchev–Trinajstić information content (AvgIpc) is 3.28. The van der Waals surface area contributed by atoms with Gasteiger partial charge in [-0.05, 0) is 26.3 Å². The van der Waals surface area contributed by atoms with Crippen molar-refractivity contribution in [2.75, 3.05) is 39.3 Å². The van der Waals surface area contributed by atoms with Gasteiger partial charge < -0.3 is 14.2 Å². The van der Waals surface area contributed by atoms with E-state index in [9.17, 15) is 9.59 Å². The molecule has 3 rings (SSSR count). The molecule has 0 aromatic carbocycles. The summed E-state index contributed by atoms with van der Waals surface area (Å²) in [6.45, 7) is 13.9. The average molecular weight is 418 g/mol. The molecule has 2 aromatic rings. The van der Waals surface area contributed by atoms with Crippen LogP contribution in [0.25, 0.3) is 0 Å². The highest BCUT2D eigenvalue weighted by molar-refractivity contribution is 6.02. The first-order valence-electron chi connectivity index (χ1n) is 10.5. The van der Waals surface area contributed by atoms with Crippen LogP contribution in [0.15, 0.2) is 4.52 Å². The number of carbonyl (C=O) groups excluding carboxylic acids is 2. The molecule has 0 atom stereocenters. The Balaban J connectivity index is 1.54. The minimum Gasteiger partial charge on any atom is -0.462 e. The zero-order valence-corrected chi connectivity index (χ0v) is 18.4. The summed E-state index contributed by atoms with van der Waals surface area (Å²) in [5, 5.41) is 4.01. The van der Waals surface area contributed by atoms with Crippen LogP contribution in [0.5, 0.6) is 0 Å². The monoisotopic (exact) mass is 417 g/mol. The highest BCUT2D eigenvalue weighted by Crippen LogP contribution is 2.20. The number of aryl methyl sites for hydroxylation is 1. The molecule has 0 amide bonds. The Hall–Kier alpha value is -2.52. The molecular weight excluding hydrogens is 386 g/mol. The predicted molar refractivity (Wildman–Crippen MR) is 111 cm³/mol. The van der Waals surface area contributed by atoms with Gasteiger partial charge in [-0.1, -0.05) is 19.0 Å². The topological polar surface area (TPSA) is 105 Å². The number of carbonyl (C=O) groups is 2. The standard InChI is InChI=1S/C21H31N5O4/c1-6-29-21(28)18-14(4)19(22-15(18)5)16(27)11-25-7-9-26(10-8-25)12-17-23-20(13(2)3)24-30-17/h13,22H,6-12H2,1-5H3. The molecule has 0 aliphatic carbocycles. The molecule has 9 nitrogen and oxygen atoms in total. The number of Topliss-reactive ketones (excluding diaryl/α,β-unsaturated/α-hetero) is 1. The molecule has 9 heteroatoms. The minimum absolute atomic E-state index is 0.0157. The van der Waals surface area contributed by atoms with E-state index in [0.29, 0.717) is 48.1 Å². The predicted octanol–water partition coefficient (Wildman–Crippen LogP) is 2.32. The number of H-pyrrole nitrogens is 1. The largest absolute Gasteiger partial charge is 0.462 e. The first-order chi connectivity index (χ1) is 14.3. The summed E-state index contributed by atoms with van der Waals surface area (Å²) in [5.41, 5.74) is 2.28. The minimum atomic E-state index is -0.391. The van der Waals surface area contributed by atoms with Gasteiger partial charge in [0.15, 0.2) is 11.6 Å². The van der Waals surface area contributed by atoms with Crippen LogP contribution in [0.2, 0.25) is 0 Å². The third-order valence-electron chi connectivity index (χ3n) is 5.39. The number of aromatic amines is 1. The summed E-state index contributed by atoms with van der Waals surface area (Å²) in [6, 6.07) is 0. The van der Waals surface area contributed by atoms with Gasteiger partial charge in [0.1, 0.15) is 0 Å². The van der Waals surface area contributed by atoms with Crippen molar-refractivity contribution in [1.29, 1.82) is 0 Å². The van der Waals surface area contributed by atoms with Gasteiger partial charge in [-0.15, -0.1) is 0 Å².